The molecule has 1 saturated carbocycles. The van der Waals surface area contributed by atoms with Gasteiger partial charge in [0.1, 0.15) is 23.0 Å². The van der Waals surface area contributed by atoms with E-state index in [-0.39, 0.29) is 30.0 Å². The van der Waals surface area contributed by atoms with E-state index in [1.165, 1.54) is 30.5 Å². The number of aromatic amines is 1. The van der Waals surface area contributed by atoms with E-state index < -0.39 is 5.54 Å². The topological polar surface area (TPSA) is 106 Å². The van der Waals surface area contributed by atoms with Gasteiger partial charge in [-0.1, -0.05) is 6.07 Å². The van der Waals surface area contributed by atoms with Gasteiger partial charge in [-0.3, -0.25) is 9.89 Å². The van der Waals surface area contributed by atoms with Crippen LogP contribution in [0, 0.1) is 23.0 Å². The summed E-state index contributed by atoms with van der Waals surface area (Å²) in [6.07, 6.45) is 4.27. The highest BCUT2D eigenvalue weighted by Gasteiger charge is 2.37. The minimum Gasteiger partial charge on any atom is -0.382 e. The van der Waals surface area contributed by atoms with E-state index in [4.69, 9.17) is 0 Å². The summed E-state index contributed by atoms with van der Waals surface area (Å²) in [6, 6.07) is 14.4. The molecule has 170 valence electrons. The molecule has 33 heavy (non-hydrogen) atoms. The number of aromatic nitrogens is 2. The molecule has 1 heterocycles. The second-order valence-electron chi connectivity index (χ2n) is 8.29. The highest BCUT2D eigenvalue weighted by atomic mass is 19.1. The Morgan fingerprint density at radius 1 is 1.12 bits per heavy atom. The smallest absolute Gasteiger partial charge is 0.257 e. The molecular formula is C24H24F2N6O. The van der Waals surface area contributed by atoms with Crippen molar-refractivity contribution in [3.63, 3.8) is 0 Å². The average Bonchev–Trinajstić information content (AvgIpc) is 3.26. The van der Waals surface area contributed by atoms with Gasteiger partial charge in [0.05, 0.1) is 24.2 Å². The van der Waals surface area contributed by atoms with Gasteiger partial charge in [-0.15, -0.1) is 0 Å². The minimum atomic E-state index is -0.656. The summed E-state index contributed by atoms with van der Waals surface area (Å²) in [5.74, 6) is -0.621. The molecule has 3 aromatic rings. The van der Waals surface area contributed by atoms with Crippen LogP contribution in [0.15, 0.2) is 54.7 Å². The normalized spacial score (nSPS) is 20.0. The summed E-state index contributed by atoms with van der Waals surface area (Å²) in [5, 5.41) is 25.5. The summed E-state index contributed by atoms with van der Waals surface area (Å²) in [5.41, 5.74) is 0.963. The van der Waals surface area contributed by atoms with Crippen molar-refractivity contribution in [3.05, 3.63) is 71.9 Å². The molecule has 4 rings (SSSR count). The third-order valence-corrected chi connectivity index (χ3v) is 5.93. The standard InChI is InChI=1S/C24H24F2N6O/c25-16-4-6-18(7-5-16)30-22-21(15-28-32-22)23(33)31-24(12-13-27)10-8-19(9-11-24)29-20-3-1-2-17(26)14-20/h1-7,14-15,19,29H,8-12H2,(H,31,33)(H2,28,30,32). The van der Waals surface area contributed by atoms with E-state index in [1.807, 2.05) is 6.07 Å². The molecule has 1 amide bonds. The van der Waals surface area contributed by atoms with Crippen LogP contribution in [0.2, 0.25) is 0 Å². The second-order valence-corrected chi connectivity index (χ2v) is 8.29. The number of carbonyl (C=O) groups excluding carboxylic acids is 1. The van der Waals surface area contributed by atoms with Crippen LogP contribution in [0.5, 0.6) is 0 Å². The Hall–Kier alpha value is -3.93. The number of nitriles is 1. The monoisotopic (exact) mass is 450 g/mol. The molecule has 1 aliphatic rings. The van der Waals surface area contributed by atoms with Crippen molar-refractivity contribution in [2.24, 2.45) is 0 Å². The maximum Gasteiger partial charge on any atom is 0.257 e. The average molecular weight is 450 g/mol. The van der Waals surface area contributed by atoms with E-state index >= 15 is 0 Å². The number of anilines is 3. The lowest BCUT2D eigenvalue weighted by Crippen LogP contribution is -2.52. The van der Waals surface area contributed by atoms with Crippen molar-refractivity contribution in [1.82, 2.24) is 15.5 Å². The first-order valence-electron chi connectivity index (χ1n) is 10.7. The van der Waals surface area contributed by atoms with Crippen LogP contribution in [0.4, 0.5) is 26.0 Å². The number of rotatable bonds is 7. The molecule has 0 bridgehead atoms. The van der Waals surface area contributed by atoms with E-state index in [0.29, 0.717) is 35.6 Å². The van der Waals surface area contributed by atoms with E-state index in [0.717, 1.165) is 12.8 Å². The molecule has 0 radical (unpaired) electrons. The van der Waals surface area contributed by atoms with Crippen molar-refractivity contribution < 1.29 is 13.6 Å². The van der Waals surface area contributed by atoms with E-state index in [9.17, 15) is 18.8 Å². The number of benzene rings is 2. The zero-order chi connectivity index (χ0) is 23.3. The molecule has 0 saturated heterocycles. The van der Waals surface area contributed by atoms with Gasteiger partial charge in [-0.2, -0.15) is 10.4 Å². The lowest BCUT2D eigenvalue weighted by atomic mass is 9.77. The number of hydrogen-bond donors (Lipinski definition) is 4. The number of hydrogen-bond acceptors (Lipinski definition) is 5. The van der Waals surface area contributed by atoms with Crippen molar-refractivity contribution in [3.8, 4) is 6.07 Å². The fourth-order valence-electron chi connectivity index (χ4n) is 4.17. The summed E-state index contributed by atoms with van der Waals surface area (Å²) in [4.78, 5) is 13.1. The quantitative estimate of drug-likeness (QED) is 0.411. The number of carbonyl (C=O) groups is 1. The SMILES string of the molecule is N#CCC1(NC(=O)c2cn[nH]c2Nc2ccc(F)cc2)CCC(Nc2cccc(F)c2)CC1. The summed E-state index contributed by atoms with van der Waals surface area (Å²) in [7, 11) is 0. The van der Waals surface area contributed by atoms with Gasteiger partial charge >= 0.3 is 0 Å². The Morgan fingerprint density at radius 2 is 1.88 bits per heavy atom. The van der Waals surface area contributed by atoms with Gasteiger partial charge in [0.2, 0.25) is 0 Å². The van der Waals surface area contributed by atoms with E-state index in [2.05, 4.69) is 32.2 Å². The highest BCUT2D eigenvalue weighted by molar-refractivity contribution is 5.99. The Bertz CT molecular complexity index is 1150. The fraction of sp³-hybridized carbons (Fsp3) is 0.292. The Balaban J connectivity index is 1.41. The van der Waals surface area contributed by atoms with Crippen molar-refractivity contribution in [1.29, 1.82) is 5.26 Å². The Kier molecular flexibility index (Phi) is 6.54. The van der Waals surface area contributed by atoms with Gasteiger partial charge in [0.25, 0.3) is 5.91 Å². The molecular weight excluding hydrogens is 426 g/mol. The molecule has 1 aliphatic carbocycles. The van der Waals surface area contributed by atoms with Crippen molar-refractivity contribution >= 4 is 23.1 Å². The van der Waals surface area contributed by atoms with Crippen LogP contribution < -0.4 is 16.0 Å². The summed E-state index contributed by atoms with van der Waals surface area (Å²) < 4.78 is 26.6. The molecule has 0 spiro atoms. The van der Waals surface area contributed by atoms with Gasteiger partial charge in [-0.25, -0.2) is 8.78 Å². The molecule has 0 aliphatic heterocycles. The van der Waals surface area contributed by atoms with Gasteiger partial charge in [0, 0.05) is 17.4 Å². The highest BCUT2D eigenvalue weighted by Crippen LogP contribution is 2.33. The second kappa shape index (κ2) is 9.69. The lowest BCUT2D eigenvalue weighted by Gasteiger charge is -2.40. The molecule has 7 nitrogen and oxygen atoms in total. The van der Waals surface area contributed by atoms with Crippen molar-refractivity contribution in [2.75, 3.05) is 10.6 Å². The Labute approximate surface area is 190 Å². The molecule has 4 N–H and O–H groups in total. The van der Waals surface area contributed by atoms with Gasteiger partial charge < -0.3 is 16.0 Å². The number of H-pyrrole nitrogens is 1. The van der Waals surface area contributed by atoms with Gasteiger partial charge in [-0.05, 0) is 68.1 Å². The van der Waals surface area contributed by atoms with Crippen LogP contribution in [0.1, 0.15) is 42.5 Å². The number of amides is 1. The first-order valence-corrected chi connectivity index (χ1v) is 10.7. The molecule has 1 aromatic heterocycles. The van der Waals surface area contributed by atoms with Crippen LogP contribution in [0.3, 0.4) is 0 Å². The number of halogens is 2. The fourth-order valence-corrected chi connectivity index (χ4v) is 4.17. The molecule has 1 fully saturated rings. The van der Waals surface area contributed by atoms with Crippen LogP contribution in [-0.4, -0.2) is 27.7 Å². The van der Waals surface area contributed by atoms with Gasteiger partial charge in [0.15, 0.2) is 0 Å². The minimum absolute atomic E-state index is 0.125. The first kappa shape index (κ1) is 22.3. The third-order valence-electron chi connectivity index (χ3n) is 5.93. The maximum atomic E-state index is 13.5. The van der Waals surface area contributed by atoms with Crippen LogP contribution in [0.25, 0.3) is 0 Å². The zero-order valence-corrected chi connectivity index (χ0v) is 17.9. The zero-order valence-electron chi connectivity index (χ0n) is 17.9. The summed E-state index contributed by atoms with van der Waals surface area (Å²) in [6.45, 7) is 0. The molecule has 9 heteroatoms. The van der Waals surface area contributed by atoms with Crippen LogP contribution >= 0.6 is 0 Å². The predicted octanol–water partition coefficient (Wildman–Crippen LogP) is 4.87. The molecule has 0 atom stereocenters. The number of nitrogens with zero attached hydrogens (tertiary/aromatic N) is 2. The number of nitrogens with one attached hydrogen (secondary N) is 4. The Morgan fingerprint density at radius 3 is 2.58 bits per heavy atom. The first-order chi connectivity index (χ1) is 16.0. The lowest BCUT2D eigenvalue weighted by molar-refractivity contribution is 0.0869. The largest absolute Gasteiger partial charge is 0.382 e. The van der Waals surface area contributed by atoms with E-state index in [1.54, 1.807) is 18.2 Å². The van der Waals surface area contributed by atoms with Crippen LogP contribution in [-0.2, 0) is 0 Å². The third kappa shape index (κ3) is 5.47. The molecule has 2 aromatic carbocycles. The predicted molar refractivity (Wildman–Crippen MR) is 121 cm³/mol. The maximum absolute atomic E-state index is 13.5. The molecule has 0 unspecified atom stereocenters. The summed E-state index contributed by atoms with van der Waals surface area (Å²) >= 11 is 0. The van der Waals surface area contributed by atoms with Crippen molar-refractivity contribution in [2.45, 2.75) is 43.7 Å².